The minimum atomic E-state index is -3.78. The topological polar surface area (TPSA) is 72.9 Å². The molecule has 6 nitrogen and oxygen atoms in total. The first-order valence-corrected chi connectivity index (χ1v) is 14.5. The van der Waals surface area contributed by atoms with Gasteiger partial charge in [0.15, 0.2) is 6.61 Å². The number of hydrogen-bond acceptors (Lipinski definition) is 5. The number of carbonyl (C=O) groups is 1. The van der Waals surface area contributed by atoms with Gasteiger partial charge in [-0.15, -0.1) is 0 Å². The number of nitrogens with zero attached hydrogens (tertiary/aromatic N) is 1. The molecule has 1 aliphatic rings. The quantitative estimate of drug-likeness (QED) is 0.256. The van der Waals surface area contributed by atoms with Crippen LogP contribution in [0.3, 0.4) is 0 Å². The lowest BCUT2D eigenvalue weighted by atomic mass is 9.98. The molecular weight excluding hydrogens is 498 g/mol. The van der Waals surface area contributed by atoms with Crippen LogP contribution in [0.15, 0.2) is 71.6 Å². The molecule has 0 aromatic heterocycles. The summed E-state index contributed by atoms with van der Waals surface area (Å²) in [6.07, 6.45) is 3.25. The SMILES string of the molecule is Cc1ccc(-c2cccc(S(=O)(=O)N(C)C3CCCCc4c(OCC(=O)OC(C)(C)C)cccc43)c2)cc1. The van der Waals surface area contributed by atoms with Gasteiger partial charge >= 0.3 is 5.97 Å². The van der Waals surface area contributed by atoms with Crippen LogP contribution in [0, 0.1) is 6.92 Å². The number of esters is 1. The van der Waals surface area contributed by atoms with Gasteiger partial charge < -0.3 is 9.47 Å². The van der Waals surface area contributed by atoms with E-state index in [2.05, 4.69) is 0 Å². The highest BCUT2D eigenvalue weighted by Gasteiger charge is 2.32. The molecule has 0 heterocycles. The lowest BCUT2D eigenvalue weighted by Crippen LogP contribution is -2.31. The van der Waals surface area contributed by atoms with Gasteiger partial charge in [0.25, 0.3) is 0 Å². The molecule has 1 unspecified atom stereocenters. The average molecular weight is 536 g/mol. The van der Waals surface area contributed by atoms with Crippen molar-refractivity contribution in [3.05, 3.63) is 83.4 Å². The minimum Gasteiger partial charge on any atom is -0.482 e. The van der Waals surface area contributed by atoms with Gasteiger partial charge in [0.05, 0.1) is 10.9 Å². The van der Waals surface area contributed by atoms with E-state index in [1.165, 1.54) is 4.31 Å². The minimum absolute atomic E-state index is 0.196. The number of fused-ring (bicyclic) bond motifs is 1. The number of rotatable bonds is 7. The Bertz CT molecular complexity index is 1390. The maximum absolute atomic E-state index is 13.9. The molecule has 38 heavy (non-hydrogen) atoms. The molecule has 0 amide bonds. The fraction of sp³-hybridized carbons (Fsp3) is 0.387. The fourth-order valence-electron chi connectivity index (χ4n) is 4.89. The molecule has 0 saturated heterocycles. The number of aryl methyl sites for hydroxylation is 1. The molecule has 0 aliphatic heterocycles. The second kappa shape index (κ2) is 11.3. The Labute approximate surface area is 226 Å². The smallest absolute Gasteiger partial charge is 0.344 e. The van der Waals surface area contributed by atoms with Crippen molar-refractivity contribution < 1.29 is 22.7 Å². The number of hydrogen-bond donors (Lipinski definition) is 0. The first kappa shape index (κ1) is 27.9. The molecule has 0 spiro atoms. The Morgan fingerprint density at radius 1 is 0.974 bits per heavy atom. The average Bonchev–Trinajstić information content (AvgIpc) is 3.09. The normalized spacial score (nSPS) is 16.0. The van der Waals surface area contributed by atoms with Crippen molar-refractivity contribution >= 4 is 16.0 Å². The summed E-state index contributed by atoms with van der Waals surface area (Å²) in [4.78, 5) is 12.5. The summed E-state index contributed by atoms with van der Waals surface area (Å²) in [5.74, 6) is 0.167. The summed E-state index contributed by atoms with van der Waals surface area (Å²) >= 11 is 0. The summed E-state index contributed by atoms with van der Waals surface area (Å²) in [6, 6.07) is 20.5. The van der Waals surface area contributed by atoms with E-state index in [0.29, 0.717) is 12.2 Å². The molecule has 0 fully saturated rings. The summed E-state index contributed by atoms with van der Waals surface area (Å²) < 4.78 is 40.5. The Morgan fingerprint density at radius 3 is 2.39 bits per heavy atom. The molecule has 3 aromatic rings. The summed E-state index contributed by atoms with van der Waals surface area (Å²) in [5, 5.41) is 0. The largest absolute Gasteiger partial charge is 0.482 e. The molecule has 4 rings (SSSR count). The fourth-order valence-corrected chi connectivity index (χ4v) is 6.31. The second-order valence-corrected chi connectivity index (χ2v) is 12.9. The molecule has 0 N–H and O–H groups in total. The van der Waals surface area contributed by atoms with E-state index in [1.54, 1.807) is 25.2 Å². The van der Waals surface area contributed by atoms with Crippen LogP contribution in [0.4, 0.5) is 0 Å². The predicted molar refractivity (Wildman–Crippen MR) is 150 cm³/mol. The highest BCUT2D eigenvalue weighted by molar-refractivity contribution is 7.89. The van der Waals surface area contributed by atoms with Gasteiger partial charge in [-0.1, -0.05) is 60.5 Å². The van der Waals surface area contributed by atoms with Gasteiger partial charge in [0, 0.05) is 7.05 Å². The van der Waals surface area contributed by atoms with Crippen LogP contribution in [0.5, 0.6) is 5.75 Å². The van der Waals surface area contributed by atoms with E-state index in [-0.39, 0.29) is 17.5 Å². The molecular formula is C31H37NO5S. The zero-order valence-corrected chi connectivity index (χ0v) is 23.7. The summed E-state index contributed by atoms with van der Waals surface area (Å²) in [6.45, 7) is 7.28. The highest BCUT2D eigenvalue weighted by atomic mass is 32.2. The Kier molecular flexibility index (Phi) is 8.28. The van der Waals surface area contributed by atoms with Gasteiger partial charge in [-0.05, 0) is 87.4 Å². The van der Waals surface area contributed by atoms with E-state index in [0.717, 1.165) is 47.1 Å². The standard InChI is InChI=1S/C31H37NO5S/c1-22-16-18-23(19-17-22)24-10-8-11-25(20-24)38(34,35)32(5)28-14-7-6-12-27-26(28)13-9-15-29(27)36-21-30(33)37-31(2,3)4/h8-11,13,15-20,28H,6-7,12,14,21H2,1-5H3. The van der Waals surface area contributed by atoms with Crippen LogP contribution in [0.2, 0.25) is 0 Å². The molecule has 0 radical (unpaired) electrons. The van der Waals surface area contributed by atoms with Crippen molar-refractivity contribution in [3.63, 3.8) is 0 Å². The maximum Gasteiger partial charge on any atom is 0.344 e. The lowest BCUT2D eigenvalue weighted by Gasteiger charge is -2.29. The van der Waals surface area contributed by atoms with Crippen molar-refractivity contribution in [1.29, 1.82) is 0 Å². The van der Waals surface area contributed by atoms with Gasteiger partial charge in [0.2, 0.25) is 10.0 Å². The number of ether oxygens (including phenoxy) is 2. The van der Waals surface area contributed by atoms with Gasteiger partial charge in [0.1, 0.15) is 11.4 Å². The molecule has 1 atom stereocenters. The Morgan fingerprint density at radius 2 is 1.68 bits per heavy atom. The van der Waals surface area contributed by atoms with Crippen LogP contribution in [0.25, 0.3) is 11.1 Å². The summed E-state index contributed by atoms with van der Waals surface area (Å²) in [7, 11) is -2.12. The first-order valence-electron chi connectivity index (χ1n) is 13.1. The first-order chi connectivity index (χ1) is 18.0. The molecule has 7 heteroatoms. The van der Waals surface area contributed by atoms with Crippen LogP contribution < -0.4 is 4.74 Å². The summed E-state index contributed by atoms with van der Waals surface area (Å²) in [5.41, 5.74) is 4.27. The van der Waals surface area contributed by atoms with Gasteiger partial charge in [-0.3, -0.25) is 0 Å². The molecule has 0 bridgehead atoms. The van der Waals surface area contributed by atoms with Gasteiger partial charge in [-0.2, -0.15) is 4.31 Å². The molecule has 0 saturated carbocycles. The monoisotopic (exact) mass is 535 g/mol. The lowest BCUT2D eigenvalue weighted by molar-refractivity contribution is -0.157. The molecule has 1 aliphatic carbocycles. The Hall–Kier alpha value is -3.16. The van der Waals surface area contributed by atoms with Crippen LogP contribution in [-0.4, -0.2) is 37.9 Å². The van der Waals surface area contributed by atoms with Crippen LogP contribution in [-0.2, 0) is 26.0 Å². The van der Waals surface area contributed by atoms with Crippen molar-refractivity contribution in [2.75, 3.05) is 13.7 Å². The molecule has 202 valence electrons. The number of benzene rings is 3. The van der Waals surface area contributed by atoms with Crippen molar-refractivity contribution in [2.45, 2.75) is 69.9 Å². The van der Waals surface area contributed by atoms with Crippen molar-refractivity contribution in [1.82, 2.24) is 4.31 Å². The van der Waals surface area contributed by atoms with E-state index in [9.17, 15) is 13.2 Å². The molecule has 3 aromatic carbocycles. The second-order valence-electron chi connectivity index (χ2n) is 10.9. The third-order valence-corrected chi connectivity index (χ3v) is 8.65. The number of carbonyl (C=O) groups excluding carboxylic acids is 1. The third kappa shape index (κ3) is 6.45. The number of sulfonamides is 1. The van der Waals surface area contributed by atoms with E-state index < -0.39 is 21.6 Å². The van der Waals surface area contributed by atoms with Crippen LogP contribution >= 0.6 is 0 Å². The zero-order chi connectivity index (χ0) is 27.5. The third-order valence-electron chi connectivity index (χ3n) is 6.78. The van der Waals surface area contributed by atoms with Crippen LogP contribution in [0.1, 0.15) is 62.8 Å². The van der Waals surface area contributed by atoms with E-state index in [4.69, 9.17) is 9.47 Å². The highest BCUT2D eigenvalue weighted by Crippen LogP contribution is 2.39. The predicted octanol–water partition coefficient (Wildman–Crippen LogP) is 6.47. The zero-order valence-electron chi connectivity index (χ0n) is 22.9. The van der Waals surface area contributed by atoms with Gasteiger partial charge in [-0.25, -0.2) is 13.2 Å². The van der Waals surface area contributed by atoms with E-state index >= 15 is 0 Å². The van der Waals surface area contributed by atoms with Crippen molar-refractivity contribution in [2.24, 2.45) is 0 Å². The Balaban J connectivity index is 1.61. The van der Waals surface area contributed by atoms with Crippen molar-refractivity contribution in [3.8, 4) is 16.9 Å². The maximum atomic E-state index is 13.9. The van der Waals surface area contributed by atoms with E-state index in [1.807, 2.05) is 76.2 Å².